The van der Waals surface area contributed by atoms with Crippen LogP contribution in [0.4, 0.5) is 0 Å². The predicted octanol–water partition coefficient (Wildman–Crippen LogP) is 3.98. The van der Waals surface area contributed by atoms with Gasteiger partial charge in [0.25, 0.3) is 0 Å². The molecule has 160 valence electrons. The van der Waals surface area contributed by atoms with Crippen molar-refractivity contribution in [3.63, 3.8) is 0 Å². The van der Waals surface area contributed by atoms with Gasteiger partial charge in [-0.25, -0.2) is 4.98 Å². The highest BCUT2D eigenvalue weighted by atomic mass is 127. The van der Waals surface area contributed by atoms with E-state index in [4.69, 9.17) is 14.2 Å². The minimum atomic E-state index is -0.268. The van der Waals surface area contributed by atoms with E-state index in [9.17, 15) is 0 Å². The quantitative estimate of drug-likeness (QED) is 0.300. The molecule has 0 aliphatic rings. The zero-order valence-corrected chi connectivity index (χ0v) is 20.0. The molecule has 0 amide bonds. The van der Waals surface area contributed by atoms with Crippen molar-refractivity contribution in [2.45, 2.75) is 32.9 Å². The number of pyridine rings is 1. The number of aromatic nitrogens is 1. The Bertz CT molecular complexity index is 767. The van der Waals surface area contributed by atoms with Gasteiger partial charge >= 0.3 is 0 Å². The summed E-state index contributed by atoms with van der Waals surface area (Å²) in [5.74, 6) is 2.57. The topological polar surface area (TPSA) is 77.0 Å². The van der Waals surface area contributed by atoms with Crippen molar-refractivity contribution in [2.75, 3.05) is 27.3 Å². The first-order valence-corrected chi connectivity index (χ1v) is 9.31. The Labute approximate surface area is 190 Å². The number of benzene rings is 1. The number of rotatable bonds is 9. The van der Waals surface area contributed by atoms with E-state index in [1.54, 1.807) is 20.4 Å². The number of aliphatic imine (C=N–C) groups is 1. The van der Waals surface area contributed by atoms with Crippen LogP contribution < -0.4 is 20.1 Å². The largest absolute Gasteiger partial charge is 0.490 e. The summed E-state index contributed by atoms with van der Waals surface area (Å²) < 4.78 is 16.8. The number of hydrogen-bond donors (Lipinski definition) is 2. The number of methoxy groups -OCH3 is 1. The van der Waals surface area contributed by atoms with E-state index in [1.807, 2.05) is 57.2 Å². The van der Waals surface area contributed by atoms with Crippen molar-refractivity contribution in [1.29, 1.82) is 0 Å². The summed E-state index contributed by atoms with van der Waals surface area (Å²) in [6.07, 6.45) is 1.78. The molecule has 0 radical (unpaired) electrons. The first-order chi connectivity index (χ1) is 13.5. The van der Waals surface area contributed by atoms with Crippen molar-refractivity contribution >= 4 is 29.9 Å². The number of nitrogens with one attached hydrogen (secondary N) is 2. The molecule has 0 unspecified atom stereocenters. The van der Waals surface area contributed by atoms with Crippen molar-refractivity contribution < 1.29 is 14.2 Å². The van der Waals surface area contributed by atoms with E-state index >= 15 is 0 Å². The van der Waals surface area contributed by atoms with E-state index in [1.165, 1.54) is 0 Å². The molecule has 7 nitrogen and oxygen atoms in total. The van der Waals surface area contributed by atoms with Crippen LogP contribution in [0.1, 0.15) is 26.3 Å². The van der Waals surface area contributed by atoms with Crippen molar-refractivity contribution in [3.8, 4) is 17.4 Å². The third kappa shape index (κ3) is 8.45. The van der Waals surface area contributed by atoms with Gasteiger partial charge in [0.1, 0.15) is 0 Å². The summed E-state index contributed by atoms with van der Waals surface area (Å²) in [5.41, 5.74) is 0.745. The lowest BCUT2D eigenvalue weighted by Gasteiger charge is -2.24. The van der Waals surface area contributed by atoms with E-state index in [-0.39, 0.29) is 29.6 Å². The third-order valence-electron chi connectivity index (χ3n) is 4.08. The van der Waals surface area contributed by atoms with Crippen LogP contribution in [-0.2, 0) is 11.3 Å². The van der Waals surface area contributed by atoms with Crippen LogP contribution in [-0.4, -0.2) is 43.9 Å². The fraction of sp³-hybridized carbons (Fsp3) is 0.429. The summed E-state index contributed by atoms with van der Waals surface area (Å²) in [7, 11) is 3.43. The Kier molecular flexibility index (Phi) is 10.7. The van der Waals surface area contributed by atoms with Crippen LogP contribution in [0.3, 0.4) is 0 Å². The highest BCUT2D eigenvalue weighted by Crippen LogP contribution is 2.30. The molecule has 1 aromatic carbocycles. The third-order valence-corrected chi connectivity index (χ3v) is 4.08. The van der Waals surface area contributed by atoms with Gasteiger partial charge in [-0.2, -0.15) is 0 Å². The smallest absolute Gasteiger partial charge is 0.219 e. The van der Waals surface area contributed by atoms with Crippen molar-refractivity contribution in [2.24, 2.45) is 4.99 Å². The molecule has 1 aromatic heterocycles. The molecule has 0 spiro atoms. The maximum atomic E-state index is 5.85. The van der Waals surface area contributed by atoms with Crippen LogP contribution in [0, 0.1) is 0 Å². The van der Waals surface area contributed by atoms with Gasteiger partial charge in [0, 0.05) is 39.5 Å². The second-order valence-corrected chi connectivity index (χ2v) is 6.73. The fourth-order valence-corrected chi connectivity index (χ4v) is 2.27. The summed E-state index contributed by atoms with van der Waals surface area (Å²) in [4.78, 5) is 8.60. The first kappa shape index (κ1) is 25.0. The van der Waals surface area contributed by atoms with Crippen LogP contribution in [0.5, 0.6) is 17.4 Å². The van der Waals surface area contributed by atoms with Gasteiger partial charge in [-0.1, -0.05) is 18.2 Å². The Hall–Kier alpha value is -2.07. The van der Waals surface area contributed by atoms with Gasteiger partial charge < -0.3 is 24.8 Å². The minimum Gasteiger partial charge on any atom is -0.490 e. The number of guanidine groups is 1. The van der Waals surface area contributed by atoms with E-state index in [0.29, 0.717) is 43.0 Å². The number of halogens is 1. The lowest BCUT2D eigenvalue weighted by atomic mass is 10.1. The van der Waals surface area contributed by atoms with Crippen LogP contribution in [0.25, 0.3) is 0 Å². The number of ether oxygens (including phenoxy) is 3. The molecule has 1 heterocycles. The van der Waals surface area contributed by atoms with Gasteiger partial charge in [-0.15, -0.1) is 24.0 Å². The molecule has 0 bridgehead atoms. The zero-order valence-electron chi connectivity index (χ0n) is 17.7. The Morgan fingerprint density at radius 1 is 1.10 bits per heavy atom. The van der Waals surface area contributed by atoms with Crippen molar-refractivity contribution in [3.05, 3.63) is 48.2 Å². The summed E-state index contributed by atoms with van der Waals surface area (Å²) in [5, 5.41) is 6.51. The second kappa shape index (κ2) is 12.5. The normalized spacial score (nSPS) is 11.4. The summed E-state index contributed by atoms with van der Waals surface area (Å²) in [6.45, 7) is 7.79. The highest BCUT2D eigenvalue weighted by molar-refractivity contribution is 14.0. The van der Waals surface area contributed by atoms with Crippen molar-refractivity contribution in [1.82, 2.24) is 15.6 Å². The number of hydrogen-bond acceptors (Lipinski definition) is 5. The summed E-state index contributed by atoms with van der Waals surface area (Å²) in [6, 6.07) is 11.4. The average molecular weight is 514 g/mol. The first-order valence-electron chi connectivity index (χ1n) is 9.31. The highest BCUT2D eigenvalue weighted by Gasteiger charge is 2.16. The standard InChI is InChI=1S/C21H30N4O3.HI/c1-6-27-17-9-7-8-10-18(17)28-19-12-11-16(13-23-19)14-24-20(22-4)25-15-21(2,3)26-5;/h7-13H,6,14-15H2,1-5H3,(H2,22,24,25);1H. The van der Waals surface area contributed by atoms with Crippen LogP contribution in [0.2, 0.25) is 0 Å². The lowest BCUT2D eigenvalue weighted by molar-refractivity contribution is 0.0268. The molecule has 0 saturated carbocycles. The predicted molar refractivity (Wildman–Crippen MR) is 127 cm³/mol. The monoisotopic (exact) mass is 514 g/mol. The second-order valence-electron chi connectivity index (χ2n) is 6.73. The molecule has 2 rings (SSSR count). The van der Waals surface area contributed by atoms with Gasteiger partial charge in [-0.05, 0) is 38.5 Å². The number of nitrogens with zero attached hydrogens (tertiary/aromatic N) is 2. The average Bonchev–Trinajstić information content (AvgIpc) is 2.71. The van der Waals surface area contributed by atoms with E-state index in [0.717, 1.165) is 5.56 Å². The van der Waals surface area contributed by atoms with Crippen LogP contribution in [0.15, 0.2) is 47.6 Å². The Balaban J connectivity index is 0.00000420. The molecule has 0 fully saturated rings. The minimum absolute atomic E-state index is 0. The molecule has 8 heteroatoms. The Morgan fingerprint density at radius 3 is 2.41 bits per heavy atom. The van der Waals surface area contributed by atoms with Gasteiger partial charge in [0.05, 0.1) is 12.2 Å². The molecular formula is C21H31IN4O3. The van der Waals surface area contributed by atoms with Gasteiger partial charge in [-0.3, -0.25) is 4.99 Å². The number of para-hydroxylation sites is 2. The molecule has 0 aliphatic heterocycles. The van der Waals surface area contributed by atoms with Gasteiger partial charge in [0.15, 0.2) is 17.5 Å². The molecule has 29 heavy (non-hydrogen) atoms. The Morgan fingerprint density at radius 2 is 1.83 bits per heavy atom. The van der Waals surface area contributed by atoms with Gasteiger partial charge in [0.2, 0.25) is 5.88 Å². The molecule has 2 N–H and O–H groups in total. The SMILES string of the molecule is CCOc1ccccc1Oc1ccc(CNC(=NC)NCC(C)(C)OC)cn1.I. The summed E-state index contributed by atoms with van der Waals surface area (Å²) >= 11 is 0. The molecule has 0 atom stereocenters. The molecule has 0 aliphatic carbocycles. The molecule has 0 saturated heterocycles. The van der Waals surface area contributed by atoms with E-state index < -0.39 is 0 Å². The van der Waals surface area contributed by atoms with E-state index in [2.05, 4.69) is 20.6 Å². The lowest BCUT2D eigenvalue weighted by Crippen LogP contribution is -2.45. The maximum absolute atomic E-state index is 5.85. The molecular weight excluding hydrogens is 483 g/mol. The molecule has 2 aromatic rings. The fourth-order valence-electron chi connectivity index (χ4n) is 2.27. The zero-order chi connectivity index (χ0) is 20.4. The maximum Gasteiger partial charge on any atom is 0.219 e. The van der Waals surface area contributed by atoms with Crippen LogP contribution >= 0.6 is 24.0 Å².